The van der Waals surface area contributed by atoms with Crippen LogP contribution >= 0.6 is 0 Å². The van der Waals surface area contributed by atoms with Crippen LogP contribution < -0.4 is 5.32 Å². The van der Waals surface area contributed by atoms with E-state index in [4.69, 9.17) is 0 Å². The first-order valence-electron chi connectivity index (χ1n) is 5.10. The Balaban J connectivity index is 3.06. The Morgan fingerprint density at radius 1 is 1.43 bits per heavy atom. The molecule has 0 heterocycles. The Morgan fingerprint density at radius 3 is 2.64 bits per heavy atom. The maximum absolute atomic E-state index is 3.78. The average Bonchev–Trinajstić information content (AvgIpc) is 2.18. The molecule has 0 aliphatic carbocycles. The highest BCUT2D eigenvalue weighted by Gasteiger charge is 2.03. The zero-order valence-electron chi connectivity index (χ0n) is 9.30. The minimum Gasteiger partial charge on any atom is -0.388 e. The summed E-state index contributed by atoms with van der Waals surface area (Å²) in [5.41, 5.74) is 3.92. The summed E-state index contributed by atoms with van der Waals surface area (Å²) in [5.74, 6) is 0.587. The Kier molecular flexibility index (Phi) is 3.75. The molecule has 0 saturated heterocycles. The van der Waals surface area contributed by atoms with Gasteiger partial charge in [-0.2, -0.15) is 0 Å². The second-order valence-electron chi connectivity index (χ2n) is 3.81. The predicted molar refractivity (Wildman–Crippen MR) is 64.0 cm³/mol. The standard InChI is InChI=1S/C13H19N/c1-5-6-12-9-11(10(2)3)7-8-13(12)14-4/h5,7-10,14H,1,6H2,2-4H3. The van der Waals surface area contributed by atoms with Crippen LogP contribution in [0.1, 0.15) is 30.9 Å². The first-order valence-corrected chi connectivity index (χ1v) is 5.10. The number of rotatable bonds is 4. The topological polar surface area (TPSA) is 12.0 Å². The van der Waals surface area contributed by atoms with E-state index in [2.05, 4.69) is 43.9 Å². The number of nitrogens with one attached hydrogen (secondary N) is 1. The fourth-order valence-corrected chi connectivity index (χ4v) is 1.54. The molecule has 0 saturated carbocycles. The van der Waals surface area contributed by atoms with Crippen LogP contribution in [0.2, 0.25) is 0 Å². The average molecular weight is 189 g/mol. The minimum absolute atomic E-state index is 0.587. The van der Waals surface area contributed by atoms with Crippen molar-refractivity contribution in [1.29, 1.82) is 0 Å². The summed E-state index contributed by atoms with van der Waals surface area (Å²) in [6, 6.07) is 6.59. The quantitative estimate of drug-likeness (QED) is 0.714. The van der Waals surface area contributed by atoms with E-state index in [-0.39, 0.29) is 0 Å². The number of anilines is 1. The highest BCUT2D eigenvalue weighted by molar-refractivity contribution is 5.53. The maximum atomic E-state index is 3.78. The van der Waals surface area contributed by atoms with Gasteiger partial charge < -0.3 is 5.32 Å². The van der Waals surface area contributed by atoms with E-state index in [0.29, 0.717) is 5.92 Å². The van der Waals surface area contributed by atoms with Crippen LogP contribution in [0.4, 0.5) is 5.69 Å². The largest absolute Gasteiger partial charge is 0.388 e. The maximum Gasteiger partial charge on any atom is 0.0373 e. The Morgan fingerprint density at radius 2 is 2.14 bits per heavy atom. The van der Waals surface area contributed by atoms with Crippen molar-refractivity contribution < 1.29 is 0 Å². The molecule has 1 N–H and O–H groups in total. The van der Waals surface area contributed by atoms with Gasteiger partial charge in [-0.25, -0.2) is 0 Å². The van der Waals surface area contributed by atoms with Crippen molar-refractivity contribution >= 4 is 5.69 Å². The van der Waals surface area contributed by atoms with Crippen LogP contribution in [0.15, 0.2) is 30.9 Å². The second-order valence-corrected chi connectivity index (χ2v) is 3.81. The molecule has 1 heteroatoms. The molecule has 1 aromatic rings. The molecule has 0 aliphatic heterocycles. The van der Waals surface area contributed by atoms with Crippen molar-refractivity contribution in [3.8, 4) is 0 Å². The highest BCUT2D eigenvalue weighted by atomic mass is 14.8. The lowest BCUT2D eigenvalue weighted by Crippen LogP contribution is -1.97. The zero-order valence-corrected chi connectivity index (χ0v) is 9.30. The Bertz CT molecular complexity index is 313. The van der Waals surface area contributed by atoms with Crippen LogP contribution in [0.3, 0.4) is 0 Å². The third-order valence-corrected chi connectivity index (χ3v) is 2.43. The van der Waals surface area contributed by atoms with Crippen LogP contribution in [0, 0.1) is 0 Å². The normalized spacial score (nSPS) is 10.3. The molecular weight excluding hydrogens is 170 g/mol. The summed E-state index contributed by atoms with van der Waals surface area (Å²) >= 11 is 0. The van der Waals surface area contributed by atoms with E-state index in [9.17, 15) is 0 Å². The van der Waals surface area contributed by atoms with Crippen LogP contribution in [-0.2, 0) is 6.42 Å². The summed E-state index contributed by atoms with van der Waals surface area (Å²) in [7, 11) is 1.96. The van der Waals surface area contributed by atoms with Crippen molar-refractivity contribution in [2.45, 2.75) is 26.2 Å². The lowest BCUT2D eigenvalue weighted by atomic mass is 9.98. The zero-order chi connectivity index (χ0) is 10.6. The third-order valence-electron chi connectivity index (χ3n) is 2.43. The number of hydrogen-bond donors (Lipinski definition) is 1. The summed E-state index contributed by atoms with van der Waals surface area (Å²) < 4.78 is 0. The Labute approximate surface area is 86.8 Å². The van der Waals surface area contributed by atoms with E-state index >= 15 is 0 Å². The molecule has 0 aromatic heterocycles. The van der Waals surface area contributed by atoms with Gasteiger partial charge in [0.25, 0.3) is 0 Å². The molecule has 0 atom stereocenters. The van der Waals surface area contributed by atoms with Gasteiger partial charge >= 0.3 is 0 Å². The Hall–Kier alpha value is -1.24. The van der Waals surface area contributed by atoms with E-state index < -0.39 is 0 Å². The molecule has 0 radical (unpaired) electrons. The highest BCUT2D eigenvalue weighted by Crippen LogP contribution is 2.22. The van der Waals surface area contributed by atoms with Crippen molar-refractivity contribution in [2.24, 2.45) is 0 Å². The predicted octanol–water partition coefficient (Wildman–Crippen LogP) is 3.58. The first kappa shape index (κ1) is 10.8. The van der Waals surface area contributed by atoms with Gasteiger partial charge in [-0.05, 0) is 29.5 Å². The minimum atomic E-state index is 0.587. The van der Waals surface area contributed by atoms with E-state index in [0.717, 1.165) is 6.42 Å². The smallest absolute Gasteiger partial charge is 0.0373 e. The fraction of sp³-hybridized carbons (Fsp3) is 0.385. The SMILES string of the molecule is C=CCc1cc(C(C)C)ccc1NC. The van der Waals surface area contributed by atoms with Gasteiger partial charge in [-0.15, -0.1) is 6.58 Å². The molecule has 14 heavy (non-hydrogen) atoms. The molecule has 76 valence electrons. The summed E-state index contributed by atoms with van der Waals surface area (Å²) in [6.45, 7) is 8.21. The van der Waals surface area contributed by atoms with Gasteiger partial charge in [0.1, 0.15) is 0 Å². The lowest BCUT2D eigenvalue weighted by Gasteiger charge is -2.12. The molecule has 1 rings (SSSR count). The summed E-state index contributed by atoms with van der Waals surface area (Å²) in [6.07, 6.45) is 2.87. The molecule has 0 aliphatic rings. The van der Waals surface area contributed by atoms with Gasteiger partial charge in [0.2, 0.25) is 0 Å². The third kappa shape index (κ3) is 2.38. The molecule has 0 unspecified atom stereocenters. The molecule has 0 amide bonds. The summed E-state index contributed by atoms with van der Waals surface area (Å²) in [5, 5.41) is 3.20. The summed E-state index contributed by atoms with van der Waals surface area (Å²) in [4.78, 5) is 0. The van der Waals surface area contributed by atoms with E-state index in [1.807, 2.05) is 13.1 Å². The van der Waals surface area contributed by atoms with E-state index in [1.165, 1.54) is 16.8 Å². The number of benzene rings is 1. The first-order chi connectivity index (χ1) is 6.69. The molecule has 0 spiro atoms. The second kappa shape index (κ2) is 4.85. The van der Waals surface area contributed by atoms with Crippen LogP contribution in [0.25, 0.3) is 0 Å². The van der Waals surface area contributed by atoms with Crippen LogP contribution in [0.5, 0.6) is 0 Å². The van der Waals surface area contributed by atoms with Gasteiger partial charge in [0, 0.05) is 12.7 Å². The van der Waals surface area contributed by atoms with Gasteiger partial charge in [-0.3, -0.25) is 0 Å². The van der Waals surface area contributed by atoms with Gasteiger partial charge in [0.15, 0.2) is 0 Å². The van der Waals surface area contributed by atoms with Crippen molar-refractivity contribution in [2.75, 3.05) is 12.4 Å². The lowest BCUT2D eigenvalue weighted by molar-refractivity contribution is 0.864. The fourth-order valence-electron chi connectivity index (χ4n) is 1.54. The van der Waals surface area contributed by atoms with Crippen molar-refractivity contribution in [3.05, 3.63) is 42.0 Å². The molecule has 0 bridgehead atoms. The van der Waals surface area contributed by atoms with E-state index in [1.54, 1.807) is 0 Å². The number of allylic oxidation sites excluding steroid dienone is 1. The molecule has 0 fully saturated rings. The van der Waals surface area contributed by atoms with Crippen LogP contribution in [-0.4, -0.2) is 7.05 Å². The molecule has 1 aromatic carbocycles. The molecule has 1 nitrogen and oxygen atoms in total. The number of hydrogen-bond acceptors (Lipinski definition) is 1. The van der Waals surface area contributed by atoms with Crippen molar-refractivity contribution in [1.82, 2.24) is 0 Å². The van der Waals surface area contributed by atoms with Gasteiger partial charge in [-0.1, -0.05) is 32.1 Å². The van der Waals surface area contributed by atoms with Gasteiger partial charge in [0.05, 0.1) is 0 Å². The van der Waals surface area contributed by atoms with Crippen molar-refractivity contribution in [3.63, 3.8) is 0 Å². The monoisotopic (exact) mass is 189 g/mol. The molecular formula is C13H19N.